The molecule has 1 aliphatic rings. The van der Waals surface area contributed by atoms with Gasteiger partial charge in [0.15, 0.2) is 0 Å². The van der Waals surface area contributed by atoms with E-state index in [1.165, 1.54) is 12.1 Å². The number of aryl methyl sites for hydroxylation is 1. The summed E-state index contributed by atoms with van der Waals surface area (Å²) in [6, 6.07) is 8.45. The molecular formula is C19H27N5O. The number of ether oxygens (including phenoxy) is 1. The minimum absolute atomic E-state index is 0.423. The maximum atomic E-state index is 5.22. The summed E-state index contributed by atoms with van der Waals surface area (Å²) in [5.74, 6) is 1.33. The van der Waals surface area contributed by atoms with Crippen molar-refractivity contribution >= 4 is 5.95 Å². The third-order valence-electron chi connectivity index (χ3n) is 4.80. The molecule has 0 amide bonds. The Bertz CT molecular complexity index is 693. The number of hydrogen-bond donors (Lipinski definition) is 0. The normalized spacial score (nSPS) is 18.1. The molecule has 3 rings (SSSR count). The topological polar surface area (TPSA) is 54.4 Å². The Hall–Kier alpha value is -2.21. The fourth-order valence-electron chi connectivity index (χ4n) is 3.34. The van der Waals surface area contributed by atoms with Crippen LogP contribution in [-0.4, -0.2) is 59.7 Å². The van der Waals surface area contributed by atoms with Crippen LogP contribution < -0.4 is 9.64 Å². The first-order chi connectivity index (χ1) is 12.2. The molecule has 1 aliphatic heterocycles. The number of methoxy groups -OCH3 is 1. The predicted octanol–water partition coefficient (Wildman–Crippen LogP) is 2.33. The first kappa shape index (κ1) is 17.6. The number of likely N-dealkylation sites (tertiary alicyclic amines) is 1. The van der Waals surface area contributed by atoms with E-state index in [0.717, 1.165) is 44.1 Å². The second-order valence-corrected chi connectivity index (χ2v) is 6.63. The molecule has 0 saturated carbocycles. The van der Waals surface area contributed by atoms with Gasteiger partial charge in [0.25, 0.3) is 0 Å². The van der Waals surface area contributed by atoms with Crippen LogP contribution >= 0.6 is 0 Å². The third kappa shape index (κ3) is 4.66. The van der Waals surface area contributed by atoms with E-state index in [1.807, 2.05) is 13.0 Å². The standard InChI is InChI=1S/C19H27N5O/c1-15-6-4-7-16(21-15)10-13-24-12-5-8-17(14-24)23(2)19-20-11-9-18(22-19)25-3/h4,6-7,9,11,17H,5,8,10,12-14H2,1-3H3. The minimum Gasteiger partial charge on any atom is -0.481 e. The number of nitrogens with zero attached hydrogens (tertiary/aromatic N) is 5. The quantitative estimate of drug-likeness (QED) is 0.804. The molecule has 0 aromatic carbocycles. The Labute approximate surface area is 149 Å². The second kappa shape index (κ2) is 8.25. The first-order valence-corrected chi connectivity index (χ1v) is 8.90. The molecule has 2 aromatic rings. The summed E-state index contributed by atoms with van der Waals surface area (Å²) in [5.41, 5.74) is 2.26. The first-order valence-electron chi connectivity index (χ1n) is 8.90. The molecule has 134 valence electrons. The van der Waals surface area contributed by atoms with Gasteiger partial charge in [-0.2, -0.15) is 4.98 Å². The van der Waals surface area contributed by atoms with Crippen molar-refractivity contribution in [2.45, 2.75) is 32.2 Å². The molecule has 1 saturated heterocycles. The number of aromatic nitrogens is 3. The highest BCUT2D eigenvalue weighted by atomic mass is 16.5. The van der Waals surface area contributed by atoms with Crippen LogP contribution in [-0.2, 0) is 6.42 Å². The third-order valence-corrected chi connectivity index (χ3v) is 4.80. The number of likely N-dealkylation sites (N-methyl/N-ethyl adjacent to an activating group) is 1. The highest BCUT2D eigenvalue weighted by Gasteiger charge is 2.24. The van der Waals surface area contributed by atoms with Gasteiger partial charge in [0.1, 0.15) is 0 Å². The Morgan fingerprint density at radius 2 is 2.16 bits per heavy atom. The van der Waals surface area contributed by atoms with E-state index >= 15 is 0 Å². The van der Waals surface area contributed by atoms with Crippen LogP contribution in [0.4, 0.5) is 5.95 Å². The lowest BCUT2D eigenvalue weighted by atomic mass is 10.0. The van der Waals surface area contributed by atoms with Crippen LogP contribution in [0, 0.1) is 6.92 Å². The molecular weight excluding hydrogens is 314 g/mol. The molecule has 0 bridgehead atoms. The number of piperidine rings is 1. The van der Waals surface area contributed by atoms with Gasteiger partial charge in [-0.3, -0.25) is 4.98 Å². The maximum Gasteiger partial charge on any atom is 0.228 e. The number of rotatable bonds is 6. The highest BCUT2D eigenvalue weighted by Crippen LogP contribution is 2.20. The molecule has 0 aliphatic carbocycles. The van der Waals surface area contributed by atoms with Crippen LogP contribution in [0.25, 0.3) is 0 Å². The Morgan fingerprint density at radius 3 is 2.96 bits per heavy atom. The highest BCUT2D eigenvalue weighted by molar-refractivity contribution is 5.32. The monoisotopic (exact) mass is 341 g/mol. The van der Waals surface area contributed by atoms with Crippen molar-refractivity contribution in [3.05, 3.63) is 41.9 Å². The summed E-state index contributed by atoms with van der Waals surface area (Å²) < 4.78 is 5.22. The zero-order valence-corrected chi connectivity index (χ0v) is 15.4. The van der Waals surface area contributed by atoms with E-state index in [0.29, 0.717) is 11.9 Å². The average molecular weight is 341 g/mol. The van der Waals surface area contributed by atoms with E-state index in [2.05, 4.69) is 43.9 Å². The molecule has 1 fully saturated rings. The van der Waals surface area contributed by atoms with Gasteiger partial charge in [-0.1, -0.05) is 6.07 Å². The van der Waals surface area contributed by atoms with E-state index < -0.39 is 0 Å². The van der Waals surface area contributed by atoms with Gasteiger partial charge in [0.05, 0.1) is 7.11 Å². The van der Waals surface area contributed by atoms with Crippen LogP contribution in [0.2, 0.25) is 0 Å². The molecule has 0 radical (unpaired) electrons. The van der Waals surface area contributed by atoms with Crippen molar-refractivity contribution in [1.29, 1.82) is 0 Å². The van der Waals surface area contributed by atoms with E-state index in [-0.39, 0.29) is 0 Å². The van der Waals surface area contributed by atoms with Crippen LogP contribution in [0.15, 0.2) is 30.5 Å². The van der Waals surface area contributed by atoms with Crippen molar-refractivity contribution < 1.29 is 4.74 Å². The molecule has 6 heteroatoms. The number of pyridine rings is 1. The molecule has 25 heavy (non-hydrogen) atoms. The van der Waals surface area contributed by atoms with Crippen molar-refractivity contribution in [2.24, 2.45) is 0 Å². The summed E-state index contributed by atoms with van der Waals surface area (Å²) in [6.07, 6.45) is 5.10. The number of hydrogen-bond acceptors (Lipinski definition) is 6. The Kier molecular flexibility index (Phi) is 5.81. The average Bonchev–Trinajstić information content (AvgIpc) is 2.66. The van der Waals surface area contributed by atoms with E-state index in [4.69, 9.17) is 4.74 Å². The number of anilines is 1. The zero-order chi connectivity index (χ0) is 17.6. The van der Waals surface area contributed by atoms with Gasteiger partial charge < -0.3 is 14.5 Å². The molecule has 1 unspecified atom stereocenters. The smallest absolute Gasteiger partial charge is 0.228 e. The summed E-state index contributed by atoms with van der Waals surface area (Å²) >= 11 is 0. The molecule has 6 nitrogen and oxygen atoms in total. The van der Waals surface area contributed by atoms with Gasteiger partial charge in [-0.05, 0) is 38.4 Å². The SMILES string of the molecule is COc1ccnc(N(C)C2CCCN(CCc3cccc(C)n3)C2)n1. The largest absolute Gasteiger partial charge is 0.481 e. The van der Waals surface area contributed by atoms with Gasteiger partial charge in [0.2, 0.25) is 11.8 Å². The molecule has 0 spiro atoms. The van der Waals surface area contributed by atoms with Crippen LogP contribution in [0.3, 0.4) is 0 Å². The lowest BCUT2D eigenvalue weighted by Gasteiger charge is -2.37. The van der Waals surface area contributed by atoms with E-state index in [1.54, 1.807) is 19.4 Å². The Morgan fingerprint density at radius 1 is 1.28 bits per heavy atom. The summed E-state index contributed by atoms with van der Waals surface area (Å²) in [5, 5.41) is 0. The molecule has 3 heterocycles. The molecule has 1 atom stereocenters. The summed E-state index contributed by atoms with van der Waals surface area (Å²) in [6.45, 7) is 5.27. The van der Waals surface area contributed by atoms with Crippen molar-refractivity contribution in [3.8, 4) is 5.88 Å². The summed E-state index contributed by atoms with van der Waals surface area (Å²) in [4.78, 5) is 18.2. The van der Waals surface area contributed by atoms with Crippen LogP contribution in [0.5, 0.6) is 5.88 Å². The van der Waals surface area contributed by atoms with Gasteiger partial charge in [0, 0.05) is 56.3 Å². The second-order valence-electron chi connectivity index (χ2n) is 6.63. The Balaban J connectivity index is 1.58. The van der Waals surface area contributed by atoms with Crippen molar-refractivity contribution in [1.82, 2.24) is 19.9 Å². The van der Waals surface area contributed by atoms with Gasteiger partial charge in [-0.15, -0.1) is 0 Å². The fraction of sp³-hybridized carbons (Fsp3) is 0.526. The summed E-state index contributed by atoms with van der Waals surface area (Å²) in [7, 11) is 3.71. The minimum atomic E-state index is 0.423. The lowest BCUT2D eigenvalue weighted by Crippen LogP contribution is -2.47. The van der Waals surface area contributed by atoms with Crippen molar-refractivity contribution in [3.63, 3.8) is 0 Å². The van der Waals surface area contributed by atoms with Gasteiger partial charge in [-0.25, -0.2) is 4.98 Å². The predicted molar refractivity (Wildman–Crippen MR) is 99.1 cm³/mol. The van der Waals surface area contributed by atoms with Crippen LogP contribution in [0.1, 0.15) is 24.2 Å². The molecule has 2 aromatic heterocycles. The van der Waals surface area contributed by atoms with Crippen molar-refractivity contribution in [2.75, 3.05) is 38.7 Å². The van der Waals surface area contributed by atoms with E-state index in [9.17, 15) is 0 Å². The molecule has 0 N–H and O–H groups in total. The fourth-order valence-corrected chi connectivity index (χ4v) is 3.34. The maximum absolute atomic E-state index is 5.22. The lowest BCUT2D eigenvalue weighted by molar-refractivity contribution is 0.207. The van der Waals surface area contributed by atoms with Gasteiger partial charge >= 0.3 is 0 Å². The zero-order valence-electron chi connectivity index (χ0n) is 15.4.